The van der Waals surface area contributed by atoms with Crippen LogP contribution < -0.4 is 4.90 Å². The van der Waals surface area contributed by atoms with Gasteiger partial charge >= 0.3 is 6.18 Å². The van der Waals surface area contributed by atoms with Gasteiger partial charge in [0.05, 0.1) is 17.3 Å². The smallest absolute Gasteiger partial charge is 0.376 e. The van der Waals surface area contributed by atoms with Crippen molar-refractivity contribution in [2.75, 3.05) is 24.5 Å². The van der Waals surface area contributed by atoms with Gasteiger partial charge in [-0.05, 0) is 30.7 Å². The van der Waals surface area contributed by atoms with E-state index >= 15 is 0 Å². The summed E-state index contributed by atoms with van der Waals surface area (Å²) in [5.74, 6) is 0. The van der Waals surface area contributed by atoms with Crippen LogP contribution in [0, 0.1) is 0 Å². The number of imidazole rings is 1. The number of allylic oxidation sites excluding steroid dienone is 4. The molecule has 35 heavy (non-hydrogen) atoms. The molecule has 0 radical (unpaired) electrons. The molecule has 7 nitrogen and oxygen atoms in total. The number of aliphatic hydroxyl groups is 1. The number of nitrogens with zero attached hydrogens (tertiary/aromatic N) is 4. The van der Waals surface area contributed by atoms with Crippen LogP contribution in [-0.4, -0.2) is 64.1 Å². The minimum atomic E-state index is -4.82. The molecule has 2 aromatic rings. The van der Waals surface area contributed by atoms with E-state index in [9.17, 15) is 26.7 Å². The monoisotopic (exact) mass is 526 g/mol. The van der Waals surface area contributed by atoms with Crippen LogP contribution >= 0.6 is 12.2 Å². The summed E-state index contributed by atoms with van der Waals surface area (Å²) in [4.78, 5) is 6.50. The molecule has 1 aliphatic heterocycles. The van der Waals surface area contributed by atoms with Crippen LogP contribution in [0.3, 0.4) is 0 Å². The van der Waals surface area contributed by atoms with Gasteiger partial charge in [-0.25, -0.2) is 13.4 Å². The molecule has 2 atom stereocenters. The Hall–Kier alpha value is -2.54. The molecule has 1 N–H and O–H groups in total. The highest BCUT2D eigenvalue weighted by Crippen LogP contribution is 2.39. The van der Waals surface area contributed by atoms with Crippen molar-refractivity contribution in [3.8, 4) is 0 Å². The molecule has 2 aliphatic rings. The number of thiocarbonyl (C=S) groups is 1. The predicted molar refractivity (Wildman–Crippen MR) is 130 cm³/mol. The quantitative estimate of drug-likeness (QED) is 0.582. The number of halogens is 3. The van der Waals surface area contributed by atoms with E-state index in [1.54, 1.807) is 30.9 Å². The molecule has 1 aromatic heterocycles. The molecule has 4 rings (SSSR count). The lowest BCUT2D eigenvalue weighted by Gasteiger charge is -2.42. The van der Waals surface area contributed by atoms with Gasteiger partial charge in [0.1, 0.15) is 0 Å². The average molecular weight is 527 g/mol. The first-order valence-electron chi connectivity index (χ1n) is 10.9. The topological polar surface area (TPSA) is 78.7 Å². The van der Waals surface area contributed by atoms with Crippen molar-refractivity contribution in [3.63, 3.8) is 0 Å². The third-order valence-corrected chi connectivity index (χ3v) is 8.78. The van der Waals surface area contributed by atoms with Gasteiger partial charge in [-0.2, -0.15) is 17.5 Å². The number of sulfonamides is 1. The lowest BCUT2D eigenvalue weighted by atomic mass is 9.95. The van der Waals surface area contributed by atoms with Gasteiger partial charge < -0.3 is 14.6 Å². The first kappa shape index (κ1) is 25.5. The van der Waals surface area contributed by atoms with Crippen molar-refractivity contribution in [3.05, 3.63) is 71.7 Å². The van der Waals surface area contributed by atoms with Crippen molar-refractivity contribution >= 4 is 32.8 Å². The summed E-state index contributed by atoms with van der Waals surface area (Å²) in [6.45, 7) is 1.80. The van der Waals surface area contributed by atoms with Crippen LogP contribution in [0.2, 0.25) is 0 Å². The zero-order chi connectivity index (χ0) is 25.4. The SMILES string of the molecule is C[C@@](O)(c1ccc(N2CCN(S(=O)(=O)C3=CC=CCC3=S)C[C@@H]2Cn2ccnc2)cc1)C(F)(F)F. The summed E-state index contributed by atoms with van der Waals surface area (Å²) in [5, 5.41) is 9.97. The Bertz CT molecular complexity index is 1240. The van der Waals surface area contributed by atoms with Crippen LogP contribution in [-0.2, 0) is 22.2 Å². The fraction of sp³-hybridized carbons (Fsp3) is 0.391. The van der Waals surface area contributed by atoms with Gasteiger partial charge in [0.25, 0.3) is 0 Å². The largest absolute Gasteiger partial charge is 0.421 e. The van der Waals surface area contributed by atoms with Gasteiger partial charge in [0.2, 0.25) is 10.0 Å². The van der Waals surface area contributed by atoms with E-state index in [2.05, 4.69) is 4.98 Å². The number of hydrogen-bond donors (Lipinski definition) is 1. The van der Waals surface area contributed by atoms with E-state index in [1.165, 1.54) is 34.6 Å². The van der Waals surface area contributed by atoms with Gasteiger partial charge in [0, 0.05) is 55.5 Å². The highest BCUT2D eigenvalue weighted by Gasteiger charge is 2.51. The van der Waals surface area contributed by atoms with E-state index in [0.29, 0.717) is 37.0 Å². The molecule has 12 heteroatoms. The lowest BCUT2D eigenvalue weighted by Crippen LogP contribution is -2.56. The maximum absolute atomic E-state index is 13.4. The highest BCUT2D eigenvalue weighted by molar-refractivity contribution is 7.96. The zero-order valence-electron chi connectivity index (χ0n) is 18.9. The molecule has 0 unspecified atom stereocenters. The fourth-order valence-corrected chi connectivity index (χ4v) is 6.28. The molecule has 0 saturated carbocycles. The van der Waals surface area contributed by atoms with E-state index in [0.717, 1.165) is 0 Å². The molecular weight excluding hydrogens is 501 g/mol. The summed E-state index contributed by atoms with van der Waals surface area (Å²) in [7, 11) is -3.80. The van der Waals surface area contributed by atoms with Crippen LogP contribution in [0.1, 0.15) is 18.9 Å². The van der Waals surface area contributed by atoms with Crippen molar-refractivity contribution < 1.29 is 26.7 Å². The minimum Gasteiger partial charge on any atom is -0.376 e. The van der Waals surface area contributed by atoms with Gasteiger partial charge in [-0.3, -0.25) is 0 Å². The molecular formula is C23H25F3N4O3S2. The Labute approximate surface area is 207 Å². The second kappa shape index (κ2) is 9.49. The van der Waals surface area contributed by atoms with Crippen molar-refractivity contribution in [1.82, 2.24) is 13.9 Å². The first-order chi connectivity index (χ1) is 16.4. The molecule has 1 saturated heterocycles. The Morgan fingerprint density at radius 2 is 1.91 bits per heavy atom. The molecule has 1 aromatic carbocycles. The Morgan fingerprint density at radius 3 is 2.51 bits per heavy atom. The summed E-state index contributed by atoms with van der Waals surface area (Å²) >= 11 is 5.29. The average Bonchev–Trinajstić information content (AvgIpc) is 3.32. The van der Waals surface area contributed by atoms with Gasteiger partial charge in [0.15, 0.2) is 5.60 Å². The molecule has 0 spiro atoms. The molecule has 0 amide bonds. The highest BCUT2D eigenvalue weighted by atomic mass is 32.2. The number of aromatic nitrogens is 2. The van der Waals surface area contributed by atoms with Crippen molar-refractivity contribution in [2.24, 2.45) is 0 Å². The maximum Gasteiger partial charge on any atom is 0.421 e. The molecule has 0 bridgehead atoms. The number of piperazine rings is 1. The van der Waals surface area contributed by atoms with Crippen LogP contribution in [0.15, 0.2) is 66.1 Å². The van der Waals surface area contributed by atoms with Crippen LogP contribution in [0.5, 0.6) is 0 Å². The summed E-state index contributed by atoms with van der Waals surface area (Å²) in [6.07, 6.45) is 5.59. The van der Waals surface area contributed by atoms with E-state index in [1.807, 2.05) is 9.47 Å². The molecule has 188 valence electrons. The third kappa shape index (κ3) is 5.06. The lowest BCUT2D eigenvalue weighted by molar-refractivity contribution is -0.258. The van der Waals surface area contributed by atoms with E-state index < -0.39 is 21.8 Å². The van der Waals surface area contributed by atoms with Crippen molar-refractivity contribution in [1.29, 1.82) is 0 Å². The normalized spacial score (nSPS) is 21.6. The minimum absolute atomic E-state index is 0.128. The summed E-state index contributed by atoms with van der Waals surface area (Å²) < 4.78 is 69.6. The number of rotatable bonds is 6. The second-order valence-electron chi connectivity index (χ2n) is 8.67. The zero-order valence-corrected chi connectivity index (χ0v) is 20.5. The number of hydrogen-bond acceptors (Lipinski definition) is 6. The standard InChI is InChI=1S/C23H25F3N4O3S2/c1-22(31,23(24,25)26)17-6-8-18(9-7-17)30-13-12-29(15-19(30)14-28-11-10-27-16-28)35(32,33)21-5-3-2-4-20(21)34/h2-3,5-11,16,19,31H,4,12-15H2,1H3/t19-,22+/m0/s1. The number of alkyl halides is 3. The second-order valence-corrected chi connectivity index (χ2v) is 11.1. The Balaban J connectivity index is 1.61. The van der Waals surface area contributed by atoms with Crippen LogP contribution in [0.25, 0.3) is 0 Å². The van der Waals surface area contributed by atoms with Gasteiger partial charge in [-0.1, -0.05) is 36.5 Å². The maximum atomic E-state index is 13.4. The third-order valence-electron chi connectivity index (χ3n) is 6.32. The summed E-state index contributed by atoms with van der Waals surface area (Å²) in [5.41, 5.74) is -2.62. The molecule has 1 aliphatic carbocycles. The Kier molecular flexibility index (Phi) is 6.93. The van der Waals surface area contributed by atoms with E-state index in [4.69, 9.17) is 12.2 Å². The molecule has 1 fully saturated rings. The Morgan fingerprint density at radius 1 is 1.20 bits per heavy atom. The first-order valence-corrected chi connectivity index (χ1v) is 12.8. The summed E-state index contributed by atoms with van der Waals surface area (Å²) in [6, 6.07) is 5.21. The van der Waals surface area contributed by atoms with Crippen molar-refractivity contribution in [2.45, 2.75) is 37.7 Å². The van der Waals surface area contributed by atoms with E-state index in [-0.39, 0.29) is 29.6 Å². The molecule has 2 heterocycles. The number of benzene rings is 1. The van der Waals surface area contributed by atoms with Crippen LogP contribution in [0.4, 0.5) is 18.9 Å². The van der Waals surface area contributed by atoms with Gasteiger partial charge in [-0.15, -0.1) is 0 Å². The fourth-order valence-electron chi connectivity index (χ4n) is 4.21. The number of anilines is 1. The predicted octanol–water partition coefficient (Wildman–Crippen LogP) is 3.39.